The van der Waals surface area contributed by atoms with Gasteiger partial charge in [0.15, 0.2) is 0 Å². The number of carbonyl (C=O) groups excluding carboxylic acids is 1. The van der Waals surface area contributed by atoms with Crippen LogP contribution in [0.25, 0.3) is 10.9 Å². The maximum atomic E-state index is 13.6. The van der Waals surface area contributed by atoms with E-state index in [9.17, 15) is 9.90 Å². The maximum Gasteiger partial charge on any atom is 0.247 e. The third-order valence-electron chi connectivity index (χ3n) is 6.63. The van der Waals surface area contributed by atoms with Crippen LogP contribution in [0.3, 0.4) is 0 Å². The fourth-order valence-corrected chi connectivity index (χ4v) is 4.66. The SMILES string of the molecule is C[C@@H](Cc1ccc(O)cc1)c1cn([C@@H](Cc2c[nH]c3ccccc23)C(=O)N2CCNCC2)nn1. The average molecular weight is 459 g/mol. The Balaban J connectivity index is 1.41. The molecule has 0 unspecified atom stereocenters. The zero-order chi connectivity index (χ0) is 23.5. The molecule has 8 heteroatoms. The smallest absolute Gasteiger partial charge is 0.247 e. The fraction of sp³-hybridized carbons (Fsp3) is 0.346. The molecule has 2 aromatic heterocycles. The van der Waals surface area contributed by atoms with Crippen molar-refractivity contribution in [2.45, 2.75) is 31.7 Å². The summed E-state index contributed by atoms with van der Waals surface area (Å²) in [6, 6.07) is 14.9. The van der Waals surface area contributed by atoms with Crippen molar-refractivity contribution in [2.24, 2.45) is 0 Å². The molecule has 5 rings (SSSR count). The van der Waals surface area contributed by atoms with Crippen LogP contribution in [-0.2, 0) is 17.6 Å². The first-order valence-corrected chi connectivity index (χ1v) is 11.8. The summed E-state index contributed by atoms with van der Waals surface area (Å²) in [6.07, 6.45) is 5.23. The lowest BCUT2D eigenvalue weighted by atomic mass is 9.98. The lowest BCUT2D eigenvalue weighted by Crippen LogP contribution is -2.49. The van der Waals surface area contributed by atoms with Gasteiger partial charge in [-0.3, -0.25) is 4.79 Å². The van der Waals surface area contributed by atoms with Crippen molar-refractivity contribution in [3.05, 3.63) is 77.7 Å². The number of aromatic hydroxyl groups is 1. The van der Waals surface area contributed by atoms with Crippen molar-refractivity contribution in [3.63, 3.8) is 0 Å². The van der Waals surface area contributed by atoms with Gasteiger partial charge in [-0.2, -0.15) is 0 Å². The number of H-pyrrole nitrogens is 1. The van der Waals surface area contributed by atoms with Gasteiger partial charge in [-0.25, -0.2) is 4.68 Å². The summed E-state index contributed by atoms with van der Waals surface area (Å²) in [5.41, 5.74) is 4.13. The van der Waals surface area contributed by atoms with E-state index in [1.54, 1.807) is 16.8 Å². The van der Waals surface area contributed by atoms with Gasteiger partial charge in [0.1, 0.15) is 11.8 Å². The first kappa shape index (κ1) is 22.2. The number of amides is 1. The highest BCUT2D eigenvalue weighted by molar-refractivity contribution is 5.85. The first-order chi connectivity index (χ1) is 16.6. The second-order valence-corrected chi connectivity index (χ2v) is 9.05. The minimum Gasteiger partial charge on any atom is -0.508 e. The molecule has 4 aromatic rings. The Hall–Kier alpha value is -3.65. The van der Waals surface area contributed by atoms with Crippen molar-refractivity contribution in [3.8, 4) is 5.75 Å². The Kier molecular flexibility index (Phi) is 6.31. The van der Waals surface area contributed by atoms with Crippen LogP contribution in [0.5, 0.6) is 5.75 Å². The molecule has 2 atom stereocenters. The van der Waals surface area contributed by atoms with Crippen LogP contribution in [0, 0.1) is 0 Å². The molecule has 3 heterocycles. The zero-order valence-electron chi connectivity index (χ0n) is 19.3. The van der Waals surface area contributed by atoms with Crippen LogP contribution >= 0.6 is 0 Å². The molecule has 1 aliphatic rings. The van der Waals surface area contributed by atoms with E-state index in [2.05, 4.69) is 33.6 Å². The Morgan fingerprint density at radius 2 is 1.85 bits per heavy atom. The van der Waals surface area contributed by atoms with Gasteiger partial charge in [0.05, 0.1) is 5.69 Å². The fourth-order valence-electron chi connectivity index (χ4n) is 4.66. The molecule has 0 radical (unpaired) electrons. The number of fused-ring (bicyclic) bond motifs is 1. The van der Waals surface area contributed by atoms with Gasteiger partial charge in [-0.15, -0.1) is 5.10 Å². The molecule has 0 aliphatic carbocycles. The molecule has 8 nitrogen and oxygen atoms in total. The molecule has 1 fully saturated rings. The zero-order valence-corrected chi connectivity index (χ0v) is 19.3. The molecule has 0 saturated carbocycles. The summed E-state index contributed by atoms with van der Waals surface area (Å²) in [6.45, 7) is 5.10. The van der Waals surface area contributed by atoms with E-state index in [4.69, 9.17) is 0 Å². The van der Waals surface area contributed by atoms with Crippen LogP contribution in [0.4, 0.5) is 0 Å². The van der Waals surface area contributed by atoms with E-state index >= 15 is 0 Å². The summed E-state index contributed by atoms with van der Waals surface area (Å²) in [7, 11) is 0. The van der Waals surface area contributed by atoms with Crippen LogP contribution in [0.15, 0.2) is 60.9 Å². The number of carbonyl (C=O) groups is 1. The third-order valence-corrected chi connectivity index (χ3v) is 6.63. The number of phenols is 1. The molecule has 176 valence electrons. The number of rotatable bonds is 7. The molecule has 2 aromatic carbocycles. The standard InChI is InChI=1S/C26H30N6O2/c1-18(14-19-6-8-21(33)9-7-19)24-17-32(30-29-24)25(26(34)31-12-10-27-11-13-31)15-20-16-28-23-5-3-2-4-22(20)23/h2-9,16-18,25,27-28,33H,10-15H2,1H3/t18-,25-/m0/s1. The number of para-hydroxylation sites is 1. The van der Waals surface area contributed by atoms with Crippen molar-refractivity contribution < 1.29 is 9.90 Å². The molecule has 3 N–H and O–H groups in total. The minimum atomic E-state index is -0.459. The second kappa shape index (κ2) is 9.69. The van der Waals surface area contributed by atoms with Crippen molar-refractivity contribution >= 4 is 16.8 Å². The van der Waals surface area contributed by atoms with Gasteiger partial charge in [0, 0.05) is 61.8 Å². The number of aromatic amines is 1. The van der Waals surface area contributed by atoms with Crippen LogP contribution in [0.1, 0.15) is 35.7 Å². The van der Waals surface area contributed by atoms with Crippen LogP contribution in [-0.4, -0.2) is 62.1 Å². The van der Waals surface area contributed by atoms with Gasteiger partial charge < -0.3 is 20.3 Å². The predicted octanol–water partition coefficient (Wildman–Crippen LogP) is 3.03. The summed E-state index contributed by atoms with van der Waals surface area (Å²) >= 11 is 0. The first-order valence-electron chi connectivity index (χ1n) is 11.8. The normalized spacial score (nSPS) is 16.0. The van der Waals surface area contributed by atoms with Crippen LogP contribution < -0.4 is 5.32 Å². The highest BCUT2D eigenvalue weighted by Gasteiger charge is 2.29. The number of nitrogens with one attached hydrogen (secondary N) is 2. The van der Waals surface area contributed by atoms with Crippen LogP contribution in [0.2, 0.25) is 0 Å². The maximum absolute atomic E-state index is 13.6. The van der Waals surface area contributed by atoms with E-state index in [1.165, 1.54) is 0 Å². The largest absolute Gasteiger partial charge is 0.508 e. The summed E-state index contributed by atoms with van der Waals surface area (Å²) < 4.78 is 1.74. The van der Waals surface area contributed by atoms with Gasteiger partial charge in [0.2, 0.25) is 5.91 Å². The van der Waals surface area contributed by atoms with E-state index in [0.29, 0.717) is 19.5 Å². The number of hydrogen-bond acceptors (Lipinski definition) is 5. The minimum absolute atomic E-state index is 0.0782. The molecule has 34 heavy (non-hydrogen) atoms. The summed E-state index contributed by atoms with van der Waals surface area (Å²) in [5.74, 6) is 0.463. The molecular weight excluding hydrogens is 428 g/mol. The number of nitrogens with zero attached hydrogens (tertiary/aromatic N) is 4. The van der Waals surface area contributed by atoms with Gasteiger partial charge in [-0.05, 0) is 35.7 Å². The molecule has 0 spiro atoms. The lowest BCUT2D eigenvalue weighted by molar-refractivity contribution is -0.135. The molecule has 1 aliphatic heterocycles. The average Bonchev–Trinajstić information content (AvgIpc) is 3.52. The lowest BCUT2D eigenvalue weighted by Gasteiger charge is -2.30. The molecule has 1 amide bonds. The Bertz CT molecular complexity index is 1260. The quantitative estimate of drug-likeness (QED) is 0.395. The van der Waals surface area contributed by atoms with Gasteiger partial charge in [-0.1, -0.05) is 42.5 Å². The highest BCUT2D eigenvalue weighted by Crippen LogP contribution is 2.26. The summed E-state index contributed by atoms with van der Waals surface area (Å²) in [4.78, 5) is 18.9. The van der Waals surface area contributed by atoms with E-state index in [0.717, 1.165) is 47.2 Å². The second-order valence-electron chi connectivity index (χ2n) is 9.05. The Morgan fingerprint density at radius 1 is 1.09 bits per heavy atom. The Labute approximate surface area is 198 Å². The topological polar surface area (TPSA) is 99.1 Å². The predicted molar refractivity (Wildman–Crippen MR) is 131 cm³/mol. The highest BCUT2D eigenvalue weighted by atomic mass is 16.3. The van der Waals surface area contributed by atoms with Gasteiger partial charge >= 0.3 is 0 Å². The third kappa shape index (κ3) is 4.68. The van der Waals surface area contributed by atoms with E-state index in [-0.39, 0.29) is 17.6 Å². The monoisotopic (exact) mass is 458 g/mol. The number of aromatic nitrogens is 4. The summed E-state index contributed by atoms with van der Waals surface area (Å²) in [5, 5.41) is 22.8. The van der Waals surface area contributed by atoms with Gasteiger partial charge in [0.25, 0.3) is 0 Å². The van der Waals surface area contributed by atoms with Crippen molar-refractivity contribution in [1.29, 1.82) is 0 Å². The number of phenolic OH excluding ortho intramolecular Hbond substituents is 1. The van der Waals surface area contributed by atoms with Crippen molar-refractivity contribution in [2.75, 3.05) is 26.2 Å². The molecule has 0 bridgehead atoms. The number of hydrogen-bond donors (Lipinski definition) is 3. The van der Waals surface area contributed by atoms with E-state index < -0.39 is 6.04 Å². The Morgan fingerprint density at radius 3 is 2.65 bits per heavy atom. The number of piperazine rings is 1. The molecular formula is C26H30N6O2. The number of benzene rings is 2. The van der Waals surface area contributed by atoms with Crippen molar-refractivity contribution in [1.82, 2.24) is 30.2 Å². The molecule has 1 saturated heterocycles. The van der Waals surface area contributed by atoms with E-state index in [1.807, 2.05) is 47.6 Å².